The number of methoxy groups -OCH3 is 1. The molecule has 3 rings (SSSR count). The van der Waals surface area contributed by atoms with Crippen LogP contribution in [0.4, 0.5) is 18.9 Å². The average molecular weight is 484 g/mol. The monoisotopic (exact) mass is 484 g/mol. The van der Waals surface area contributed by atoms with E-state index >= 15 is 0 Å². The number of carbonyl (C=O) groups excluding carboxylic acids is 4. The number of carbonyl (C=O) groups is 4. The number of halogens is 3. The summed E-state index contributed by atoms with van der Waals surface area (Å²) in [4.78, 5) is 47.1. The van der Waals surface area contributed by atoms with Crippen molar-refractivity contribution in [3.05, 3.63) is 50.7 Å². The Morgan fingerprint density at radius 2 is 2.00 bits per heavy atom. The van der Waals surface area contributed by atoms with Crippen LogP contribution in [0, 0.1) is 0 Å². The molecule has 33 heavy (non-hydrogen) atoms. The smallest absolute Gasteiger partial charge is 0.418 e. The van der Waals surface area contributed by atoms with E-state index in [-0.39, 0.29) is 23.7 Å². The molecule has 0 fully saturated rings. The van der Waals surface area contributed by atoms with Crippen LogP contribution in [0.3, 0.4) is 0 Å². The average Bonchev–Trinajstić information content (AvgIpc) is 3.38. The number of amides is 3. The van der Waals surface area contributed by atoms with Gasteiger partial charge in [0.05, 0.1) is 24.0 Å². The topological polar surface area (TPSA) is 140 Å². The standard InChI is InChI=1S/C20H19F3N4O5S/c1-32-19(31)13(7-24)27-18(30)16-11(20(21,22)23)6-14(33-16)17(29)25-8-9-3-2-4-12-10(9)5-15(28)26-12/h2-4,6,13H,5,7-8,24H2,1H3,(H,25,29)(H,26,28)(H,27,30). The highest BCUT2D eigenvalue weighted by molar-refractivity contribution is 7.16. The predicted molar refractivity (Wildman–Crippen MR) is 112 cm³/mol. The molecular formula is C20H19F3N4O5S. The van der Waals surface area contributed by atoms with Crippen LogP contribution in [0.2, 0.25) is 0 Å². The minimum Gasteiger partial charge on any atom is -0.467 e. The molecule has 2 aromatic rings. The number of anilines is 1. The van der Waals surface area contributed by atoms with Gasteiger partial charge in [0, 0.05) is 18.8 Å². The molecule has 9 nitrogen and oxygen atoms in total. The molecule has 0 radical (unpaired) electrons. The molecule has 0 spiro atoms. The Labute approximate surface area is 189 Å². The molecule has 1 aromatic carbocycles. The second kappa shape index (κ2) is 9.58. The zero-order chi connectivity index (χ0) is 24.3. The van der Waals surface area contributed by atoms with E-state index in [1.54, 1.807) is 18.2 Å². The fraction of sp³-hybridized carbons (Fsp3) is 0.300. The van der Waals surface area contributed by atoms with Crippen LogP contribution in [-0.4, -0.2) is 43.4 Å². The summed E-state index contributed by atoms with van der Waals surface area (Å²) in [6.45, 7) is -0.424. The molecule has 0 bridgehead atoms. The lowest BCUT2D eigenvalue weighted by Crippen LogP contribution is -2.46. The maximum absolute atomic E-state index is 13.5. The van der Waals surface area contributed by atoms with E-state index in [1.165, 1.54) is 0 Å². The van der Waals surface area contributed by atoms with Gasteiger partial charge >= 0.3 is 12.1 Å². The van der Waals surface area contributed by atoms with Crippen LogP contribution in [-0.2, 0) is 33.5 Å². The maximum atomic E-state index is 13.5. The summed E-state index contributed by atoms with van der Waals surface area (Å²) in [5.74, 6) is -3.16. The number of thiophene rings is 1. The van der Waals surface area contributed by atoms with E-state index in [0.717, 1.165) is 7.11 Å². The Hall–Kier alpha value is -3.45. The summed E-state index contributed by atoms with van der Waals surface area (Å²) >= 11 is 0.332. The van der Waals surface area contributed by atoms with Gasteiger partial charge in [-0.25, -0.2) is 4.79 Å². The van der Waals surface area contributed by atoms with Gasteiger partial charge in [0.1, 0.15) is 10.9 Å². The fourth-order valence-electron chi connectivity index (χ4n) is 3.21. The third-order valence-electron chi connectivity index (χ3n) is 4.82. The minimum absolute atomic E-state index is 0.0324. The highest BCUT2D eigenvalue weighted by Gasteiger charge is 2.39. The molecule has 1 aliphatic rings. The van der Waals surface area contributed by atoms with Crippen molar-refractivity contribution in [1.29, 1.82) is 0 Å². The first-order valence-electron chi connectivity index (χ1n) is 9.53. The van der Waals surface area contributed by atoms with Gasteiger partial charge in [-0.15, -0.1) is 11.3 Å². The van der Waals surface area contributed by atoms with E-state index in [2.05, 4.69) is 20.7 Å². The number of alkyl halides is 3. The van der Waals surface area contributed by atoms with E-state index in [4.69, 9.17) is 5.73 Å². The highest BCUT2D eigenvalue weighted by Crippen LogP contribution is 2.37. The molecule has 1 aromatic heterocycles. The molecule has 176 valence electrons. The molecule has 2 heterocycles. The van der Waals surface area contributed by atoms with Crippen molar-refractivity contribution in [2.75, 3.05) is 19.0 Å². The van der Waals surface area contributed by atoms with Gasteiger partial charge in [-0.05, 0) is 23.3 Å². The van der Waals surface area contributed by atoms with Crippen molar-refractivity contribution >= 4 is 40.7 Å². The van der Waals surface area contributed by atoms with Crippen molar-refractivity contribution < 1.29 is 37.1 Å². The summed E-state index contributed by atoms with van der Waals surface area (Å²) in [7, 11) is 1.04. The lowest BCUT2D eigenvalue weighted by Gasteiger charge is -2.14. The molecule has 1 atom stereocenters. The van der Waals surface area contributed by atoms with Gasteiger partial charge in [-0.1, -0.05) is 12.1 Å². The summed E-state index contributed by atoms with van der Waals surface area (Å²) in [5.41, 5.74) is 6.00. The molecule has 1 aliphatic heterocycles. The van der Waals surface area contributed by atoms with E-state index in [0.29, 0.717) is 34.2 Å². The van der Waals surface area contributed by atoms with Gasteiger partial charge in [0.2, 0.25) is 5.91 Å². The van der Waals surface area contributed by atoms with Crippen molar-refractivity contribution in [3.63, 3.8) is 0 Å². The summed E-state index contributed by atoms with van der Waals surface area (Å²) in [6, 6.07) is 4.29. The molecular weight excluding hydrogens is 465 g/mol. The number of nitrogens with two attached hydrogens (primary N) is 1. The normalized spacial score (nSPS) is 13.7. The van der Waals surface area contributed by atoms with E-state index in [1.807, 2.05) is 0 Å². The fourth-order valence-corrected chi connectivity index (χ4v) is 4.20. The molecule has 0 saturated heterocycles. The number of rotatable bonds is 7. The number of ether oxygens (including phenoxy) is 1. The third-order valence-corrected chi connectivity index (χ3v) is 5.95. The summed E-state index contributed by atoms with van der Waals surface area (Å²) in [5, 5.41) is 7.27. The zero-order valence-corrected chi connectivity index (χ0v) is 18.0. The number of nitrogens with one attached hydrogen (secondary N) is 3. The SMILES string of the molecule is COC(=O)C(CN)NC(=O)c1sc(C(=O)NCc2cccc3c2CC(=O)N3)cc1C(F)(F)F. The lowest BCUT2D eigenvalue weighted by molar-refractivity contribution is -0.142. The number of hydrogen-bond donors (Lipinski definition) is 4. The Morgan fingerprint density at radius 3 is 2.64 bits per heavy atom. The number of hydrogen-bond acceptors (Lipinski definition) is 7. The Bertz CT molecular complexity index is 1120. The van der Waals surface area contributed by atoms with Crippen molar-refractivity contribution in [3.8, 4) is 0 Å². The zero-order valence-electron chi connectivity index (χ0n) is 17.2. The van der Waals surface area contributed by atoms with Crippen LogP contribution in [0.25, 0.3) is 0 Å². The van der Waals surface area contributed by atoms with Crippen molar-refractivity contribution in [1.82, 2.24) is 10.6 Å². The molecule has 0 saturated carbocycles. The van der Waals surface area contributed by atoms with Gasteiger partial charge < -0.3 is 26.4 Å². The molecule has 1 unspecified atom stereocenters. The Balaban J connectivity index is 1.80. The molecule has 0 aliphatic carbocycles. The van der Waals surface area contributed by atoms with Crippen LogP contribution < -0.4 is 21.7 Å². The quantitative estimate of drug-likeness (QED) is 0.439. The highest BCUT2D eigenvalue weighted by atomic mass is 32.1. The first-order chi connectivity index (χ1) is 15.5. The van der Waals surface area contributed by atoms with Crippen LogP contribution >= 0.6 is 11.3 Å². The first kappa shape index (κ1) is 24.2. The number of esters is 1. The number of fused-ring (bicyclic) bond motifs is 1. The second-order valence-corrected chi connectivity index (χ2v) is 8.04. The molecule has 13 heteroatoms. The molecule has 5 N–H and O–H groups in total. The first-order valence-corrected chi connectivity index (χ1v) is 10.3. The Kier molecular flexibility index (Phi) is 7.03. The van der Waals surface area contributed by atoms with Crippen LogP contribution in [0.1, 0.15) is 36.0 Å². The van der Waals surface area contributed by atoms with Gasteiger partial charge in [-0.2, -0.15) is 13.2 Å². The Morgan fingerprint density at radius 1 is 1.27 bits per heavy atom. The van der Waals surface area contributed by atoms with E-state index < -0.39 is 47.0 Å². The lowest BCUT2D eigenvalue weighted by atomic mass is 10.0. The maximum Gasteiger partial charge on any atom is 0.418 e. The van der Waals surface area contributed by atoms with Crippen LogP contribution in [0.5, 0.6) is 0 Å². The minimum atomic E-state index is -4.92. The van der Waals surface area contributed by atoms with Gasteiger partial charge in [0.25, 0.3) is 11.8 Å². The van der Waals surface area contributed by atoms with E-state index in [9.17, 15) is 32.3 Å². The third kappa shape index (κ3) is 5.31. The van der Waals surface area contributed by atoms with Gasteiger partial charge in [0.15, 0.2) is 0 Å². The predicted octanol–water partition coefficient (Wildman–Crippen LogP) is 1.42. The largest absolute Gasteiger partial charge is 0.467 e. The number of benzene rings is 1. The van der Waals surface area contributed by atoms with Crippen molar-refractivity contribution in [2.24, 2.45) is 5.73 Å². The summed E-state index contributed by atoms with van der Waals surface area (Å²) in [6.07, 6.45) is -4.79. The molecule has 3 amide bonds. The van der Waals surface area contributed by atoms with Crippen LogP contribution in [0.15, 0.2) is 24.3 Å². The van der Waals surface area contributed by atoms with Gasteiger partial charge in [-0.3, -0.25) is 14.4 Å². The summed E-state index contributed by atoms with van der Waals surface area (Å²) < 4.78 is 45.0. The second-order valence-electron chi connectivity index (χ2n) is 6.99. The van der Waals surface area contributed by atoms with Crippen molar-refractivity contribution in [2.45, 2.75) is 25.2 Å².